The molecule has 2 heterocycles. The highest BCUT2D eigenvalue weighted by Crippen LogP contribution is 2.21. The molecule has 3 nitrogen and oxygen atoms in total. The van der Waals surface area contributed by atoms with Crippen LogP contribution in [0.3, 0.4) is 0 Å². The first-order chi connectivity index (χ1) is 7.28. The molecule has 0 spiro atoms. The molecule has 0 aliphatic carbocycles. The van der Waals surface area contributed by atoms with Crippen LogP contribution in [0.4, 0.5) is 0 Å². The van der Waals surface area contributed by atoms with Crippen LogP contribution in [-0.2, 0) is 6.54 Å². The molecule has 1 N–H and O–H groups in total. The van der Waals surface area contributed by atoms with Crippen molar-refractivity contribution < 1.29 is 0 Å². The first-order valence-electron chi connectivity index (χ1n) is 5.28. The maximum atomic E-state index is 4.36. The van der Waals surface area contributed by atoms with Crippen molar-refractivity contribution >= 4 is 39.7 Å². The minimum atomic E-state index is 0. The first kappa shape index (κ1) is 14.4. The summed E-state index contributed by atoms with van der Waals surface area (Å²) in [4.78, 5) is 6.85. The summed E-state index contributed by atoms with van der Waals surface area (Å²) in [6.45, 7) is 3.37. The van der Waals surface area contributed by atoms with Crippen molar-refractivity contribution in [2.24, 2.45) is 0 Å². The summed E-state index contributed by atoms with van der Waals surface area (Å²) in [5, 5.41) is 4.56. The Morgan fingerprint density at radius 1 is 1.56 bits per heavy atom. The number of piperidine rings is 1. The van der Waals surface area contributed by atoms with Gasteiger partial charge in [-0.3, -0.25) is 4.90 Å². The molecule has 0 unspecified atom stereocenters. The lowest BCUT2D eigenvalue weighted by Crippen LogP contribution is -2.40. The monoisotopic (exact) mass is 325 g/mol. The van der Waals surface area contributed by atoms with Crippen molar-refractivity contribution in [2.45, 2.75) is 25.4 Å². The van der Waals surface area contributed by atoms with Crippen LogP contribution in [0, 0.1) is 0 Å². The molecule has 2 rings (SSSR count). The number of hydrogen-bond donors (Lipinski definition) is 1. The van der Waals surface area contributed by atoms with Gasteiger partial charge in [-0.25, -0.2) is 4.98 Å². The molecule has 0 bridgehead atoms. The smallest absolute Gasteiger partial charge is 0.108 e. The number of aromatic nitrogens is 1. The van der Waals surface area contributed by atoms with Crippen LogP contribution in [0.2, 0.25) is 0 Å². The summed E-state index contributed by atoms with van der Waals surface area (Å²) in [5.41, 5.74) is 0. The lowest BCUT2D eigenvalue weighted by Gasteiger charge is -2.30. The molecule has 0 radical (unpaired) electrons. The SMILES string of the molecule is CNC1CCN(Cc2ncc(Br)s2)CC1.Cl. The predicted octanol–water partition coefficient (Wildman–Crippen LogP) is 2.51. The Balaban J connectivity index is 0.00000128. The molecule has 0 atom stereocenters. The molecule has 1 fully saturated rings. The van der Waals surface area contributed by atoms with Crippen LogP contribution < -0.4 is 5.32 Å². The Hall–Kier alpha value is 0.320. The van der Waals surface area contributed by atoms with E-state index in [1.54, 1.807) is 11.3 Å². The normalized spacial score (nSPS) is 18.4. The highest BCUT2D eigenvalue weighted by atomic mass is 79.9. The Kier molecular flexibility index (Phi) is 6.21. The van der Waals surface area contributed by atoms with Gasteiger partial charge in [0.2, 0.25) is 0 Å². The largest absolute Gasteiger partial charge is 0.317 e. The zero-order valence-electron chi connectivity index (χ0n) is 9.28. The highest BCUT2D eigenvalue weighted by molar-refractivity contribution is 9.11. The Bertz CT molecular complexity index is 313. The van der Waals surface area contributed by atoms with E-state index in [0.717, 1.165) is 10.3 Å². The lowest BCUT2D eigenvalue weighted by atomic mass is 10.1. The van der Waals surface area contributed by atoms with Crippen molar-refractivity contribution in [3.63, 3.8) is 0 Å². The Labute approximate surface area is 115 Å². The number of nitrogens with zero attached hydrogens (tertiary/aromatic N) is 2. The second kappa shape index (κ2) is 6.91. The van der Waals surface area contributed by atoms with E-state index in [1.165, 1.54) is 30.9 Å². The summed E-state index contributed by atoms with van der Waals surface area (Å²) < 4.78 is 1.13. The topological polar surface area (TPSA) is 28.2 Å². The molecule has 16 heavy (non-hydrogen) atoms. The minimum absolute atomic E-state index is 0. The van der Waals surface area contributed by atoms with Gasteiger partial charge in [-0.2, -0.15) is 0 Å². The zero-order valence-corrected chi connectivity index (χ0v) is 12.5. The van der Waals surface area contributed by atoms with Gasteiger partial charge in [0.05, 0.1) is 16.5 Å². The van der Waals surface area contributed by atoms with Crippen molar-refractivity contribution in [2.75, 3.05) is 20.1 Å². The quantitative estimate of drug-likeness (QED) is 0.925. The molecule has 0 amide bonds. The van der Waals surface area contributed by atoms with Crippen molar-refractivity contribution in [3.05, 3.63) is 15.0 Å². The van der Waals surface area contributed by atoms with Crippen LogP contribution >= 0.6 is 39.7 Å². The average molecular weight is 327 g/mol. The Morgan fingerprint density at radius 2 is 2.25 bits per heavy atom. The average Bonchev–Trinajstić information content (AvgIpc) is 2.65. The van der Waals surface area contributed by atoms with E-state index in [-0.39, 0.29) is 12.4 Å². The van der Waals surface area contributed by atoms with Gasteiger partial charge in [-0.1, -0.05) is 0 Å². The number of halogens is 2. The van der Waals surface area contributed by atoms with Crippen LogP contribution in [0.25, 0.3) is 0 Å². The van der Waals surface area contributed by atoms with Crippen molar-refractivity contribution in [3.8, 4) is 0 Å². The fourth-order valence-electron chi connectivity index (χ4n) is 1.93. The number of nitrogens with one attached hydrogen (secondary N) is 1. The van der Waals surface area contributed by atoms with E-state index < -0.39 is 0 Å². The molecule has 1 aliphatic heterocycles. The molecule has 1 aromatic rings. The Morgan fingerprint density at radius 3 is 2.75 bits per heavy atom. The number of likely N-dealkylation sites (tertiary alicyclic amines) is 1. The van der Waals surface area contributed by atoms with Gasteiger partial charge in [0.1, 0.15) is 5.01 Å². The third-order valence-electron chi connectivity index (χ3n) is 2.88. The number of hydrogen-bond acceptors (Lipinski definition) is 4. The van der Waals surface area contributed by atoms with E-state index in [0.29, 0.717) is 6.04 Å². The van der Waals surface area contributed by atoms with Crippen LogP contribution in [0.15, 0.2) is 9.98 Å². The molecule has 92 valence electrons. The van der Waals surface area contributed by atoms with Gasteiger partial charge in [0.25, 0.3) is 0 Å². The summed E-state index contributed by atoms with van der Waals surface area (Å²) in [6.07, 6.45) is 4.40. The molecular weight excluding hydrogens is 310 g/mol. The van der Waals surface area contributed by atoms with Gasteiger partial charge in [0, 0.05) is 19.1 Å². The molecule has 0 saturated carbocycles. The van der Waals surface area contributed by atoms with E-state index in [2.05, 4.69) is 38.2 Å². The molecule has 1 aliphatic rings. The van der Waals surface area contributed by atoms with E-state index in [9.17, 15) is 0 Å². The first-order valence-corrected chi connectivity index (χ1v) is 6.88. The number of rotatable bonds is 3. The fourth-order valence-corrected chi connectivity index (χ4v) is 3.28. The van der Waals surface area contributed by atoms with Crippen LogP contribution in [0.5, 0.6) is 0 Å². The van der Waals surface area contributed by atoms with E-state index in [1.807, 2.05) is 6.20 Å². The molecule has 6 heteroatoms. The standard InChI is InChI=1S/C10H16BrN3S.ClH/c1-12-8-2-4-14(5-3-8)7-10-13-6-9(11)15-10;/h6,8,12H,2-5,7H2,1H3;1H. The molecule has 1 aromatic heterocycles. The van der Waals surface area contributed by atoms with Gasteiger partial charge in [0.15, 0.2) is 0 Å². The van der Waals surface area contributed by atoms with Crippen molar-refractivity contribution in [1.29, 1.82) is 0 Å². The van der Waals surface area contributed by atoms with Crippen LogP contribution in [-0.4, -0.2) is 36.1 Å². The third-order valence-corrected chi connectivity index (χ3v) is 4.34. The highest BCUT2D eigenvalue weighted by Gasteiger charge is 2.18. The molecule has 1 saturated heterocycles. The fraction of sp³-hybridized carbons (Fsp3) is 0.700. The summed E-state index contributed by atoms with van der Waals surface area (Å²) >= 11 is 5.18. The predicted molar refractivity (Wildman–Crippen MR) is 74.4 cm³/mol. The van der Waals surface area contributed by atoms with Gasteiger partial charge in [-0.15, -0.1) is 23.7 Å². The second-order valence-electron chi connectivity index (χ2n) is 3.90. The van der Waals surface area contributed by atoms with Crippen molar-refractivity contribution in [1.82, 2.24) is 15.2 Å². The van der Waals surface area contributed by atoms with Gasteiger partial charge in [-0.05, 0) is 35.8 Å². The van der Waals surface area contributed by atoms with Crippen LogP contribution in [0.1, 0.15) is 17.8 Å². The maximum Gasteiger partial charge on any atom is 0.108 e. The number of thiazole rings is 1. The minimum Gasteiger partial charge on any atom is -0.317 e. The third kappa shape index (κ3) is 3.96. The zero-order chi connectivity index (χ0) is 10.7. The molecule has 0 aromatic carbocycles. The lowest BCUT2D eigenvalue weighted by molar-refractivity contribution is 0.194. The van der Waals surface area contributed by atoms with E-state index in [4.69, 9.17) is 0 Å². The summed E-state index contributed by atoms with van der Waals surface area (Å²) in [7, 11) is 2.05. The summed E-state index contributed by atoms with van der Waals surface area (Å²) in [5.74, 6) is 0. The molecular formula is C10H17BrClN3S. The van der Waals surface area contributed by atoms with Gasteiger partial charge >= 0.3 is 0 Å². The summed E-state index contributed by atoms with van der Waals surface area (Å²) in [6, 6.07) is 0.712. The second-order valence-corrected chi connectivity index (χ2v) is 6.39. The van der Waals surface area contributed by atoms with Gasteiger partial charge < -0.3 is 5.32 Å². The van der Waals surface area contributed by atoms with E-state index >= 15 is 0 Å². The maximum absolute atomic E-state index is 4.36.